The van der Waals surface area contributed by atoms with Crippen LogP contribution < -0.4 is 20.7 Å². The van der Waals surface area contributed by atoms with Gasteiger partial charge in [0.15, 0.2) is 6.61 Å². The van der Waals surface area contributed by atoms with Gasteiger partial charge in [-0.3, -0.25) is 20.4 Å². The van der Waals surface area contributed by atoms with Crippen LogP contribution in [0.15, 0.2) is 53.4 Å². The van der Waals surface area contributed by atoms with Crippen molar-refractivity contribution in [1.82, 2.24) is 10.9 Å². The SMILES string of the molecule is NS(=O)(=O)c1ccc(C(=O)NNC(=O)COc2ccc(F)cc2)cc1. The second-order valence-corrected chi connectivity index (χ2v) is 6.38. The molecule has 2 aromatic carbocycles. The first-order valence-corrected chi connectivity index (χ1v) is 8.41. The number of hydrogen-bond donors (Lipinski definition) is 3. The maximum absolute atomic E-state index is 12.7. The Morgan fingerprint density at radius 2 is 1.60 bits per heavy atom. The van der Waals surface area contributed by atoms with E-state index in [1.54, 1.807) is 0 Å². The zero-order chi connectivity index (χ0) is 18.4. The Kier molecular flexibility index (Phi) is 5.67. The summed E-state index contributed by atoms with van der Waals surface area (Å²) in [5, 5.41) is 4.95. The molecule has 0 spiro atoms. The van der Waals surface area contributed by atoms with Gasteiger partial charge in [0, 0.05) is 5.56 Å². The molecule has 0 unspecified atom stereocenters. The Labute approximate surface area is 142 Å². The normalized spacial score (nSPS) is 10.8. The number of hydrazine groups is 1. The lowest BCUT2D eigenvalue weighted by Gasteiger charge is -2.09. The van der Waals surface area contributed by atoms with Crippen molar-refractivity contribution in [2.24, 2.45) is 5.14 Å². The van der Waals surface area contributed by atoms with E-state index in [1.165, 1.54) is 48.5 Å². The fraction of sp³-hybridized carbons (Fsp3) is 0.0667. The number of benzene rings is 2. The first-order valence-electron chi connectivity index (χ1n) is 6.86. The summed E-state index contributed by atoms with van der Waals surface area (Å²) in [4.78, 5) is 23.3. The van der Waals surface area contributed by atoms with Crippen molar-refractivity contribution >= 4 is 21.8 Å². The van der Waals surface area contributed by atoms with Gasteiger partial charge < -0.3 is 4.74 Å². The smallest absolute Gasteiger partial charge is 0.276 e. The summed E-state index contributed by atoms with van der Waals surface area (Å²) in [6, 6.07) is 9.91. The van der Waals surface area contributed by atoms with E-state index in [4.69, 9.17) is 9.88 Å². The Bertz CT molecular complexity index is 867. The van der Waals surface area contributed by atoms with Crippen molar-refractivity contribution in [1.29, 1.82) is 0 Å². The minimum atomic E-state index is -3.85. The van der Waals surface area contributed by atoms with Gasteiger partial charge in [-0.25, -0.2) is 17.9 Å². The standard InChI is InChI=1S/C15H14FN3O5S/c16-11-3-5-12(6-4-11)24-9-14(20)18-19-15(21)10-1-7-13(8-2-10)25(17,22)23/h1-8H,9H2,(H,18,20)(H,19,21)(H2,17,22,23). The summed E-state index contributed by atoms with van der Waals surface area (Å²) in [5.41, 5.74) is 4.39. The molecule has 10 heteroatoms. The molecule has 0 radical (unpaired) electrons. The maximum atomic E-state index is 12.7. The van der Waals surface area contributed by atoms with Gasteiger partial charge in [0.1, 0.15) is 11.6 Å². The number of carbonyl (C=O) groups is 2. The van der Waals surface area contributed by atoms with Crippen molar-refractivity contribution in [3.05, 3.63) is 59.9 Å². The van der Waals surface area contributed by atoms with Crippen LogP contribution in [-0.2, 0) is 14.8 Å². The van der Waals surface area contributed by atoms with Crippen molar-refractivity contribution in [3.8, 4) is 5.75 Å². The topological polar surface area (TPSA) is 128 Å². The summed E-state index contributed by atoms with van der Waals surface area (Å²) in [7, 11) is -3.85. The zero-order valence-corrected chi connectivity index (χ0v) is 13.5. The molecule has 0 heterocycles. The molecule has 8 nitrogen and oxygen atoms in total. The van der Waals surface area contributed by atoms with E-state index < -0.39 is 34.3 Å². The number of nitrogens with two attached hydrogens (primary N) is 1. The molecular weight excluding hydrogens is 353 g/mol. The highest BCUT2D eigenvalue weighted by molar-refractivity contribution is 7.89. The first kappa shape index (κ1) is 18.4. The number of carbonyl (C=O) groups excluding carboxylic acids is 2. The van der Waals surface area contributed by atoms with Gasteiger partial charge in [0.25, 0.3) is 11.8 Å². The van der Waals surface area contributed by atoms with Crippen LogP contribution in [0.4, 0.5) is 4.39 Å². The van der Waals surface area contributed by atoms with Gasteiger partial charge >= 0.3 is 0 Å². The Morgan fingerprint density at radius 3 is 2.16 bits per heavy atom. The van der Waals surface area contributed by atoms with Gasteiger partial charge in [0.05, 0.1) is 4.90 Å². The van der Waals surface area contributed by atoms with Crippen LogP contribution >= 0.6 is 0 Å². The number of halogens is 1. The molecule has 2 rings (SSSR count). The quantitative estimate of drug-likeness (QED) is 0.656. The lowest BCUT2D eigenvalue weighted by molar-refractivity contribution is -0.123. The minimum absolute atomic E-state index is 0.118. The second-order valence-electron chi connectivity index (χ2n) is 4.81. The lowest BCUT2D eigenvalue weighted by atomic mass is 10.2. The molecule has 2 amide bonds. The van der Waals surface area contributed by atoms with Crippen molar-refractivity contribution in [2.45, 2.75) is 4.90 Å². The molecule has 0 aliphatic heterocycles. The number of amides is 2. The van der Waals surface area contributed by atoms with Crippen molar-refractivity contribution in [2.75, 3.05) is 6.61 Å². The van der Waals surface area contributed by atoms with Crippen LogP contribution in [-0.4, -0.2) is 26.8 Å². The Balaban J connectivity index is 1.82. The minimum Gasteiger partial charge on any atom is -0.484 e. The number of sulfonamides is 1. The Hall–Kier alpha value is -2.98. The largest absolute Gasteiger partial charge is 0.484 e. The monoisotopic (exact) mass is 367 g/mol. The summed E-state index contributed by atoms with van der Waals surface area (Å²) < 4.78 is 40.1. The highest BCUT2D eigenvalue weighted by Gasteiger charge is 2.11. The average Bonchev–Trinajstić information content (AvgIpc) is 2.58. The molecule has 25 heavy (non-hydrogen) atoms. The molecule has 0 fully saturated rings. The van der Waals surface area contributed by atoms with Crippen LogP contribution in [0.2, 0.25) is 0 Å². The van der Waals surface area contributed by atoms with Gasteiger partial charge in [-0.05, 0) is 48.5 Å². The van der Waals surface area contributed by atoms with E-state index in [-0.39, 0.29) is 10.5 Å². The molecule has 0 atom stereocenters. The fourth-order valence-electron chi connectivity index (χ4n) is 1.71. The predicted molar refractivity (Wildman–Crippen MR) is 85.3 cm³/mol. The van der Waals surface area contributed by atoms with Crippen LogP contribution in [0.25, 0.3) is 0 Å². The molecule has 0 aliphatic carbocycles. The molecule has 0 aromatic heterocycles. The van der Waals surface area contributed by atoms with Crippen LogP contribution in [0.5, 0.6) is 5.75 Å². The predicted octanol–water partition coefficient (Wildman–Crippen LogP) is 0.313. The number of primary sulfonamides is 1. The summed E-state index contributed by atoms with van der Waals surface area (Å²) in [6.45, 7) is -0.393. The van der Waals surface area contributed by atoms with E-state index in [9.17, 15) is 22.4 Å². The fourth-order valence-corrected chi connectivity index (χ4v) is 2.23. The zero-order valence-electron chi connectivity index (χ0n) is 12.7. The third-order valence-electron chi connectivity index (χ3n) is 2.94. The van der Waals surface area contributed by atoms with Gasteiger partial charge in [-0.2, -0.15) is 0 Å². The van der Waals surface area contributed by atoms with E-state index in [2.05, 4.69) is 10.9 Å². The van der Waals surface area contributed by atoms with Gasteiger partial charge in [0.2, 0.25) is 10.0 Å². The van der Waals surface area contributed by atoms with E-state index in [0.717, 1.165) is 0 Å². The van der Waals surface area contributed by atoms with Crippen LogP contribution in [0.3, 0.4) is 0 Å². The van der Waals surface area contributed by atoms with Crippen LogP contribution in [0, 0.1) is 5.82 Å². The van der Waals surface area contributed by atoms with Gasteiger partial charge in [-0.1, -0.05) is 0 Å². The average molecular weight is 367 g/mol. The summed E-state index contributed by atoms with van der Waals surface area (Å²) >= 11 is 0. The molecule has 4 N–H and O–H groups in total. The molecular formula is C15H14FN3O5S. The molecule has 0 saturated carbocycles. The summed E-state index contributed by atoms with van der Waals surface area (Å²) in [5.74, 6) is -1.44. The molecule has 0 saturated heterocycles. The number of nitrogens with one attached hydrogen (secondary N) is 2. The lowest BCUT2D eigenvalue weighted by Crippen LogP contribution is -2.43. The first-order chi connectivity index (χ1) is 11.8. The van der Waals surface area contributed by atoms with E-state index in [0.29, 0.717) is 5.75 Å². The van der Waals surface area contributed by atoms with Crippen molar-refractivity contribution in [3.63, 3.8) is 0 Å². The molecule has 0 aliphatic rings. The van der Waals surface area contributed by atoms with Gasteiger partial charge in [-0.15, -0.1) is 0 Å². The third kappa shape index (κ3) is 5.55. The van der Waals surface area contributed by atoms with E-state index >= 15 is 0 Å². The number of ether oxygens (including phenoxy) is 1. The van der Waals surface area contributed by atoms with E-state index in [1.807, 2.05) is 0 Å². The molecule has 0 bridgehead atoms. The van der Waals surface area contributed by atoms with Crippen molar-refractivity contribution < 1.29 is 27.1 Å². The second kappa shape index (κ2) is 7.73. The third-order valence-corrected chi connectivity index (χ3v) is 3.87. The maximum Gasteiger partial charge on any atom is 0.276 e. The van der Waals surface area contributed by atoms with Crippen LogP contribution in [0.1, 0.15) is 10.4 Å². The molecule has 2 aromatic rings. The summed E-state index contributed by atoms with van der Waals surface area (Å²) in [6.07, 6.45) is 0. The highest BCUT2D eigenvalue weighted by Crippen LogP contribution is 2.10. The highest BCUT2D eigenvalue weighted by atomic mass is 32.2. The number of hydrogen-bond acceptors (Lipinski definition) is 5. The number of rotatable bonds is 5. The Morgan fingerprint density at radius 1 is 1.00 bits per heavy atom. The molecule has 132 valence electrons.